The maximum absolute atomic E-state index is 11.5. The number of carbonyl (C=O) groups is 1. The first-order chi connectivity index (χ1) is 8.25. The summed E-state index contributed by atoms with van der Waals surface area (Å²) in [5, 5.41) is 0.113. The van der Waals surface area contributed by atoms with E-state index in [1.54, 1.807) is 18.7 Å². The number of hydrogen-bond acceptors (Lipinski definition) is 4. The molecular formula is C12H13NO3S. The molecule has 1 fully saturated rings. The molecule has 0 spiro atoms. The number of fused-ring (bicyclic) bond motifs is 1. The van der Waals surface area contributed by atoms with Crippen molar-refractivity contribution in [2.24, 2.45) is 0 Å². The maximum Gasteiger partial charge on any atom is 0.231 e. The van der Waals surface area contributed by atoms with Gasteiger partial charge in [-0.1, -0.05) is 6.07 Å². The zero-order valence-electron chi connectivity index (χ0n) is 9.51. The van der Waals surface area contributed by atoms with E-state index >= 15 is 0 Å². The number of amides is 1. The van der Waals surface area contributed by atoms with E-state index in [9.17, 15) is 4.79 Å². The standard InChI is InChI=1S/C12H13NO3S/c1-8(14)13-4-5-17-12(13)9-2-3-10-11(6-9)16-7-15-10/h2-3,6,12H,4-5,7H2,1H3/t12-/m1/s1. The summed E-state index contributed by atoms with van der Waals surface area (Å²) >= 11 is 1.79. The molecule has 2 heterocycles. The molecule has 5 heteroatoms. The molecule has 0 radical (unpaired) electrons. The third-order valence-electron chi connectivity index (χ3n) is 2.98. The van der Waals surface area contributed by atoms with Crippen LogP contribution in [0.5, 0.6) is 11.5 Å². The highest BCUT2D eigenvalue weighted by Gasteiger charge is 2.29. The molecule has 0 aromatic heterocycles. The molecule has 0 bridgehead atoms. The van der Waals surface area contributed by atoms with Crippen LogP contribution in [0.3, 0.4) is 0 Å². The molecule has 90 valence electrons. The van der Waals surface area contributed by atoms with Crippen molar-refractivity contribution in [3.63, 3.8) is 0 Å². The summed E-state index contributed by atoms with van der Waals surface area (Å²) in [6.45, 7) is 2.72. The van der Waals surface area contributed by atoms with Crippen molar-refractivity contribution in [2.75, 3.05) is 19.1 Å². The predicted molar refractivity (Wildman–Crippen MR) is 65.2 cm³/mol. The maximum atomic E-state index is 11.5. The van der Waals surface area contributed by atoms with Gasteiger partial charge >= 0.3 is 0 Å². The Kier molecular flexibility index (Phi) is 2.63. The normalized spacial score (nSPS) is 21.9. The second-order valence-corrected chi connectivity index (χ2v) is 5.24. The van der Waals surface area contributed by atoms with Crippen molar-refractivity contribution < 1.29 is 14.3 Å². The molecule has 4 nitrogen and oxygen atoms in total. The number of carbonyl (C=O) groups excluding carboxylic acids is 1. The Morgan fingerprint density at radius 1 is 1.41 bits per heavy atom. The molecular weight excluding hydrogens is 238 g/mol. The quantitative estimate of drug-likeness (QED) is 0.765. The van der Waals surface area contributed by atoms with Crippen LogP contribution in [-0.2, 0) is 4.79 Å². The fraction of sp³-hybridized carbons (Fsp3) is 0.417. The average Bonchev–Trinajstić information content (AvgIpc) is 2.96. The van der Waals surface area contributed by atoms with E-state index in [0.717, 1.165) is 29.4 Å². The van der Waals surface area contributed by atoms with Gasteiger partial charge in [0, 0.05) is 19.2 Å². The van der Waals surface area contributed by atoms with Gasteiger partial charge in [-0.05, 0) is 17.7 Å². The van der Waals surface area contributed by atoms with Crippen molar-refractivity contribution in [2.45, 2.75) is 12.3 Å². The topological polar surface area (TPSA) is 38.8 Å². The molecule has 0 N–H and O–H groups in total. The molecule has 1 atom stereocenters. The van der Waals surface area contributed by atoms with Crippen LogP contribution >= 0.6 is 11.8 Å². The fourth-order valence-electron chi connectivity index (χ4n) is 2.14. The van der Waals surface area contributed by atoms with Gasteiger partial charge in [-0.25, -0.2) is 0 Å². The second kappa shape index (κ2) is 4.14. The number of ether oxygens (including phenoxy) is 2. The molecule has 2 aliphatic rings. The van der Waals surface area contributed by atoms with Crippen molar-refractivity contribution in [3.8, 4) is 11.5 Å². The summed E-state index contributed by atoms with van der Waals surface area (Å²) in [7, 11) is 0. The van der Waals surface area contributed by atoms with Crippen LogP contribution in [0.15, 0.2) is 18.2 Å². The van der Waals surface area contributed by atoms with Crippen LogP contribution in [-0.4, -0.2) is 29.9 Å². The number of hydrogen-bond donors (Lipinski definition) is 0. The van der Waals surface area contributed by atoms with E-state index in [2.05, 4.69) is 0 Å². The van der Waals surface area contributed by atoms with Gasteiger partial charge in [-0.15, -0.1) is 11.8 Å². The summed E-state index contributed by atoms with van der Waals surface area (Å²) < 4.78 is 10.6. The minimum absolute atomic E-state index is 0.113. The molecule has 1 saturated heterocycles. The average molecular weight is 251 g/mol. The largest absolute Gasteiger partial charge is 0.454 e. The Labute approximate surface area is 104 Å². The number of rotatable bonds is 1. The first-order valence-electron chi connectivity index (χ1n) is 5.54. The lowest BCUT2D eigenvalue weighted by molar-refractivity contribution is -0.128. The van der Waals surface area contributed by atoms with E-state index in [4.69, 9.17) is 9.47 Å². The Balaban J connectivity index is 1.91. The zero-order valence-corrected chi connectivity index (χ0v) is 10.3. The van der Waals surface area contributed by atoms with Gasteiger partial charge in [0.05, 0.1) is 0 Å². The van der Waals surface area contributed by atoms with Crippen LogP contribution in [0.4, 0.5) is 0 Å². The molecule has 17 heavy (non-hydrogen) atoms. The third kappa shape index (κ3) is 1.84. The zero-order chi connectivity index (χ0) is 11.8. The van der Waals surface area contributed by atoms with Gasteiger partial charge in [-0.2, -0.15) is 0 Å². The lowest BCUT2D eigenvalue weighted by atomic mass is 10.2. The Hall–Kier alpha value is -1.36. The van der Waals surface area contributed by atoms with Gasteiger partial charge in [0.25, 0.3) is 0 Å². The Bertz CT molecular complexity index is 463. The predicted octanol–water partition coefficient (Wildman–Crippen LogP) is 2.01. The number of benzene rings is 1. The summed E-state index contributed by atoms with van der Waals surface area (Å²) in [4.78, 5) is 13.4. The molecule has 2 aliphatic heterocycles. The summed E-state index contributed by atoms with van der Waals surface area (Å²) in [6.07, 6.45) is 0. The van der Waals surface area contributed by atoms with Crippen LogP contribution in [0.1, 0.15) is 17.9 Å². The van der Waals surface area contributed by atoms with Gasteiger partial charge < -0.3 is 14.4 Å². The molecule has 1 aromatic carbocycles. The van der Waals surface area contributed by atoms with E-state index in [-0.39, 0.29) is 18.1 Å². The SMILES string of the molecule is CC(=O)N1CCS[C@@H]1c1ccc2c(c1)OCO2. The summed E-state index contributed by atoms with van der Waals surface area (Å²) in [5.74, 6) is 2.67. The highest BCUT2D eigenvalue weighted by atomic mass is 32.2. The first kappa shape index (κ1) is 10.8. The minimum Gasteiger partial charge on any atom is -0.454 e. The van der Waals surface area contributed by atoms with E-state index in [0.29, 0.717) is 0 Å². The number of nitrogens with zero attached hydrogens (tertiary/aromatic N) is 1. The molecule has 3 rings (SSSR count). The fourth-order valence-corrected chi connectivity index (χ4v) is 3.43. The summed E-state index contributed by atoms with van der Waals surface area (Å²) in [5.41, 5.74) is 1.10. The van der Waals surface area contributed by atoms with Gasteiger partial charge in [-0.3, -0.25) is 4.79 Å². The lowest BCUT2D eigenvalue weighted by Gasteiger charge is -2.22. The highest BCUT2D eigenvalue weighted by Crippen LogP contribution is 2.42. The number of thioether (sulfide) groups is 1. The van der Waals surface area contributed by atoms with E-state index in [1.807, 2.05) is 23.1 Å². The van der Waals surface area contributed by atoms with Crippen molar-refractivity contribution in [3.05, 3.63) is 23.8 Å². The van der Waals surface area contributed by atoms with Crippen LogP contribution in [0.25, 0.3) is 0 Å². The van der Waals surface area contributed by atoms with Crippen molar-refractivity contribution in [1.82, 2.24) is 4.90 Å². The summed E-state index contributed by atoms with van der Waals surface area (Å²) in [6, 6.07) is 5.89. The highest BCUT2D eigenvalue weighted by molar-refractivity contribution is 7.99. The Morgan fingerprint density at radius 3 is 3.06 bits per heavy atom. The van der Waals surface area contributed by atoms with E-state index < -0.39 is 0 Å². The van der Waals surface area contributed by atoms with Gasteiger partial charge in [0.1, 0.15) is 5.37 Å². The van der Waals surface area contributed by atoms with E-state index in [1.165, 1.54) is 0 Å². The minimum atomic E-state index is 0.113. The molecule has 1 aromatic rings. The molecule has 0 unspecified atom stereocenters. The smallest absolute Gasteiger partial charge is 0.231 e. The monoisotopic (exact) mass is 251 g/mol. The van der Waals surface area contributed by atoms with Crippen LogP contribution < -0.4 is 9.47 Å². The molecule has 0 aliphatic carbocycles. The van der Waals surface area contributed by atoms with Crippen LogP contribution in [0, 0.1) is 0 Å². The Morgan fingerprint density at radius 2 is 2.24 bits per heavy atom. The lowest BCUT2D eigenvalue weighted by Crippen LogP contribution is -2.27. The second-order valence-electron chi connectivity index (χ2n) is 4.05. The van der Waals surface area contributed by atoms with Crippen molar-refractivity contribution >= 4 is 17.7 Å². The van der Waals surface area contributed by atoms with Crippen molar-refractivity contribution in [1.29, 1.82) is 0 Å². The first-order valence-corrected chi connectivity index (χ1v) is 6.59. The van der Waals surface area contributed by atoms with Crippen LogP contribution in [0.2, 0.25) is 0 Å². The van der Waals surface area contributed by atoms with Gasteiger partial charge in [0.15, 0.2) is 11.5 Å². The van der Waals surface area contributed by atoms with Gasteiger partial charge in [0.2, 0.25) is 12.7 Å². The third-order valence-corrected chi connectivity index (χ3v) is 4.24. The molecule has 1 amide bonds. The molecule has 0 saturated carbocycles.